The number of nitrogens with two attached hydrogens (primary N) is 1. The number of hydrogen-bond donors (Lipinski definition) is 3. The molecule has 0 bridgehead atoms. The third-order valence-electron chi connectivity index (χ3n) is 5.49. The van der Waals surface area contributed by atoms with Gasteiger partial charge in [-0.2, -0.15) is 0 Å². The number of hydrogen-bond acceptors (Lipinski definition) is 7. The van der Waals surface area contributed by atoms with Crippen LogP contribution in [0.4, 0.5) is 17.2 Å². The number of nitrogens with zero attached hydrogens (tertiary/aromatic N) is 4. The summed E-state index contributed by atoms with van der Waals surface area (Å²) < 4.78 is 7.88. The van der Waals surface area contributed by atoms with Gasteiger partial charge in [0.2, 0.25) is 0 Å². The van der Waals surface area contributed by atoms with Crippen molar-refractivity contribution < 1.29 is 4.74 Å². The summed E-state index contributed by atoms with van der Waals surface area (Å²) in [5, 5.41) is 11.8. The van der Waals surface area contributed by atoms with Gasteiger partial charge in [-0.25, -0.2) is 15.0 Å². The topological polar surface area (TPSA) is 115 Å². The van der Waals surface area contributed by atoms with E-state index in [4.69, 9.17) is 25.8 Å². The molecule has 5 rings (SSSR count). The Morgan fingerprint density at radius 2 is 1.94 bits per heavy atom. The first-order valence-corrected chi connectivity index (χ1v) is 10.7. The van der Waals surface area contributed by atoms with E-state index in [1.165, 1.54) is 6.21 Å². The molecular weight excluding hydrogens is 426 g/mol. The van der Waals surface area contributed by atoms with Crippen molar-refractivity contribution in [1.82, 2.24) is 19.5 Å². The van der Waals surface area contributed by atoms with Crippen molar-refractivity contribution in [3.8, 4) is 17.1 Å². The van der Waals surface area contributed by atoms with Gasteiger partial charge in [0, 0.05) is 53.5 Å². The molecule has 0 radical (unpaired) electrons. The molecule has 0 atom stereocenters. The summed E-state index contributed by atoms with van der Waals surface area (Å²) in [4.78, 5) is 13.9. The van der Waals surface area contributed by atoms with Gasteiger partial charge in [0.15, 0.2) is 5.82 Å². The van der Waals surface area contributed by atoms with Crippen LogP contribution in [0, 0.1) is 5.41 Å². The van der Waals surface area contributed by atoms with Crippen LogP contribution in [0.5, 0.6) is 5.75 Å². The van der Waals surface area contributed by atoms with Crippen molar-refractivity contribution in [1.29, 1.82) is 5.41 Å². The van der Waals surface area contributed by atoms with Gasteiger partial charge in [-0.05, 0) is 42.5 Å². The normalized spacial score (nSPS) is 10.9. The summed E-state index contributed by atoms with van der Waals surface area (Å²) in [7, 11) is 1.94. The van der Waals surface area contributed by atoms with Crippen molar-refractivity contribution in [2.24, 2.45) is 7.05 Å². The SMILES string of the molecule is Cn1ccnc1COc1cccc(-c2nc(Nc3ccc(N)c(C=N)c3)c3ccccc3n2)c1. The molecule has 2 heterocycles. The molecule has 0 unspecified atom stereocenters. The molecule has 8 nitrogen and oxygen atoms in total. The zero-order valence-corrected chi connectivity index (χ0v) is 18.6. The second-order valence-electron chi connectivity index (χ2n) is 7.80. The van der Waals surface area contributed by atoms with E-state index in [1.54, 1.807) is 12.3 Å². The smallest absolute Gasteiger partial charge is 0.162 e. The number of nitrogen functional groups attached to an aromatic ring is 1. The van der Waals surface area contributed by atoms with Crippen molar-refractivity contribution in [2.75, 3.05) is 11.1 Å². The predicted octanol–water partition coefficient (Wildman–Crippen LogP) is 4.93. The number of ether oxygens (including phenoxy) is 1. The first kappa shape index (κ1) is 21.1. The lowest BCUT2D eigenvalue weighted by Crippen LogP contribution is -2.03. The highest BCUT2D eigenvalue weighted by Crippen LogP contribution is 2.29. The highest BCUT2D eigenvalue weighted by Gasteiger charge is 2.11. The van der Waals surface area contributed by atoms with E-state index >= 15 is 0 Å². The minimum atomic E-state index is 0.366. The van der Waals surface area contributed by atoms with Crippen LogP contribution in [0.15, 0.2) is 79.1 Å². The molecule has 0 amide bonds. The van der Waals surface area contributed by atoms with Gasteiger partial charge in [-0.1, -0.05) is 24.3 Å². The molecule has 0 aliphatic heterocycles. The standard InChI is InChI=1S/C26H23N7O/c1-33-12-11-29-24(33)16-34-20-6-4-5-17(14-20)25-31-23-8-3-2-7-21(23)26(32-25)30-19-9-10-22(28)18(13-19)15-27/h2-15,27H,16,28H2,1H3,(H,30,31,32). The zero-order chi connectivity index (χ0) is 23.5. The van der Waals surface area contributed by atoms with Gasteiger partial charge in [0.25, 0.3) is 0 Å². The number of aryl methyl sites for hydroxylation is 1. The minimum Gasteiger partial charge on any atom is -0.486 e. The van der Waals surface area contributed by atoms with E-state index in [9.17, 15) is 0 Å². The number of imidazole rings is 1. The van der Waals surface area contributed by atoms with Crippen LogP contribution in [0.25, 0.3) is 22.3 Å². The van der Waals surface area contributed by atoms with Crippen LogP contribution in [-0.4, -0.2) is 25.7 Å². The molecular formula is C26H23N7O. The molecule has 5 aromatic rings. The van der Waals surface area contributed by atoms with Gasteiger partial charge < -0.3 is 25.8 Å². The van der Waals surface area contributed by atoms with E-state index in [1.807, 2.05) is 78.5 Å². The Morgan fingerprint density at radius 1 is 1.06 bits per heavy atom. The van der Waals surface area contributed by atoms with Crippen LogP contribution in [0.2, 0.25) is 0 Å². The summed E-state index contributed by atoms with van der Waals surface area (Å²) in [6.07, 6.45) is 4.87. The lowest BCUT2D eigenvalue weighted by atomic mass is 10.1. The number of rotatable bonds is 7. The first-order chi connectivity index (χ1) is 16.6. The fraction of sp³-hybridized carbons (Fsp3) is 0.0769. The molecule has 2 aromatic heterocycles. The van der Waals surface area contributed by atoms with Gasteiger partial charge >= 0.3 is 0 Å². The molecule has 168 valence electrons. The van der Waals surface area contributed by atoms with Crippen molar-refractivity contribution >= 4 is 34.3 Å². The Kier molecular flexibility index (Phi) is 5.61. The summed E-state index contributed by atoms with van der Waals surface area (Å²) in [6.45, 7) is 0.366. The molecule has 0 aliphatic carbocycles. The Labute approximate surface area is 196 Å². The second-order valence-corrected chi connectivity index (χ2v) is 7.80. The Morgan fingerprint density at radius 3 is 2.76 bits per heavy atom. The van der Waals surface area contributed by atoms with Crippen LogP contribution in [0.1, 0.15) is 11.4 Å². The van der Waals surface area contributed by atoms with Crippen LogP contribution >= 0.6 is 0 Å². The quantitative estimate of drug-likeness (QED) is 0.240. The Hall–Kier alpha value is -4.72. The van der Waals surface area contributed by atoms with E-state index in [0.29, 0.717) is 35.2 Å². The van der Waals surface area contributed by atoms with Crippen LogP contribution < -0.4 is 15.8 Å². The molecule has 34 heavy (non-hydrogen) atoms. The Bertz CT molecular complexity index is 1490. The van der Waals surface area contributed by atoms with Crippen molar-refractivity contribution in [2.45, 2.75) is 6.61 Å². The highest BCUT2D eigenvalue weighted by atomic mass is 16.5. The van der Waals surface area contributed by atoms with Crippen LogP contribution in [0.3, 0.4) is 0 Å². The Balaban J connectivity index is 1.50. The van der Waals surface area contributed by atoms with E-state index in [-0.39, 0.29) is 0 Å². The molecule has 0 spiro atoms. The number of para-hydroxylation sites is 1. The zero-order valence-electron chi connectivity index (χ0n) is 18.6. The monoisotopic (exact) mass is 449 g/mol. The second kappa shape index (κ2) is 9.03. The molecule has 4 N–H and O–H groups in total. The number of nitrogens with one attached hydrogen (secondary N) is 2. The molecule has 8 heteroatoms. The predicted molar refractivity (Wildman–Crippen MR) is 135 cm³/mol. The third kappa shape index (κ3) is 4.29. The van der Waals surface area contributed by atoms with Crippen molar-refractivity contribution in [3.63, 3.8) is 0 Å². The molecule has 3 aromatic carbocycles. The summed E-state index contributed by atoms with van der Waals surface area (Å²) >= 11 is 0. The van der Waals surface area contributed by atoms with Crippen molar-refractivity contribution in [3.05, 3.63) is 90.5 Å². The van der Waals surface area contributed by atoms with E-state index in [0.717, 1.165) is 28.0 Å². The molecule has 0 saturated heterocycles. The van der Waals surface area contributed by atoms with Crippen LogP contribution in [-0.2, 0) is 13.7 Å². The molecule has 0 fully saturated rings. The number of aromatic nitrogens is 4. The fourth-order valence-corrected chi connectivity index (χ4v) is 3.62. The highest BCUT2D eigenvalue weighted by molar-refractivity contribution is 5.93. The summed E-state index contributed by atoms with van der Waals surface area (Å²) in [6, 6.07) is 21.0. The maximum Gasteiger partial charge on any atom is 0.162 e. The molecule has 0 aliphatic rings. The van der Waals surface area contributed by atoms with E-state index < -0.39 is 0 Å². The summed E-state index contributed by atoms with van der Waals surface area (Å²) in [5.74, 6) is 2.79. The maximum absolute atomic E-state index is 7.57. The fourth-order valence-electron chi connectivity index (χ4n) is 3.62. The molecule has 0 saturated carbocycles. The number of fused-ring (bicyclic) bond motifs is 1. The first-order valence-electron chi connectivity index (χ1n) is 10.7. The van der Waals surface area contributed by atoms with Gasteiger partial charge in [-0.15, -0.1) is 0 Å². The lowest BCUT2D eigenvalue weighted by molar-refractivity contribution is 0.292. The summed E-state index contributed by atoms with van der Waals surface area (Å²) in [5.41, 5.74) is 9.57. The number of anilines is 3. The minimum absolute atomic E-state index is 0.366. The largest absolute Gasteiger partial charge is 0.486 e. The van der Waals surface area contributed by atoms with Gasteiger partial charge in [0.1, 0.15) is 24.0 Å². The average molecular weight is 450 g/mol. The average Bonchev–Trinajstić information content (AvgIpc) is 3.28. The maximum atomic E-state index is 7.57. The number of benzene rings is 3. The third-order valence-corrected chi connectivity index (χ3v) is 5.49. The van der Waals surface area contributed by atoms with E-state index in [2.05, 4.69) is 10.3 Å². The van der Waals surface area contributed by atoms with Gasteiger partial charge in [-0.3, -0.25) is 0 Å². The lowest BCUT2D eigenvalue weighted by Gasteiger charge is -2.13. The van der Waals surface area contributed by atoms with Gasteiger partial charge in [0.05, 0.1) is 5.52 Å².